The molecule has 34 heavy (non-hydrogen) atoms. The number of hydrazine groups is 1. The van der Waals surface area contributed by atoms with E-state index in [1.165, 1.54) is 0 Å². The van der Waals surface area contributed by atoms with Gasteiger partial charge in [0.05, 0.1) is 23.4 Å². The van der Waals surface area contributed by atoms with Gasteiger partial charge in [-0.05, 0) is 23.8 Å². The number of aromatic nitrogens is 1. The monoisotopic (exact) mass is 502 g/mol. The Morgan fingerprint density at radius 3 is 2.38 bits per heavy atom. The average molecular weight is 503 g/mol. The molecule has 3 aliphatic heterocycles. The molecule has 10 nitrogen and oxygen atoms in total. The number of pyridine rings is 1. The second-order valence-electron chi connectivity index (χ2n) is 8.23. The molecule has 0 radical (unpaired) electrons. The van der Waals surface area contributed by atoms with Crippen LogP contribution in [0.4, 0.5) is 10.5 Å². The molecule has 0 atom stereocenters. The summed E-state index contributed by atoms with van der Waals surface area (Å²) in [6.07, 6.45) is 1.65. The second kappa shape index (κ2) is 8.86. The van der Waals surface area contributed by atoms with Gasteiger partial charge in [0.1, 0.15) is 10.2 Å². The lowest BCUT2D eigenvalue weighted by atomic mass is 10.1. The zero-order valence-electron chi connectivity index (χ0n) is 18.0. The van der Waals surface area contributed by atoms with Crippen LogP contribution >= 0.6 is 23.2 Å². The number of benzene rings is 1. The van der Waals surface area contributed by atoms with Gasteiger partial charge in [0, 0.05) is 45.3 Å². The third-order valence-corrected chi connectivity index (χ3v) is 6.90. The molecule has 1 N–H and O–H groups in total. The number of urea groups is 1. The van der Waals surface area contributed by atoms with Gasteiger partial charge in [0.2, 0.25) is 5.91 Å². The summed E-state index contributed by atoms with van der Waals surface area (Å²) in [5, 5.41) is 4.66. The first kappa shape index (κ1) is 22.6. The van der Waals surface area contributed by atoms with Crippen LogP contribution in [0.3, 0.4) is 0 Å². The summed E-state index contributed by atoms with van der Waals surface area (Å²) < 4.78 is 0. The first-order chi connectivity index (χ1) is 16.3. The number of hydrogen-bond acceptors (Lipinski definition) is 7. The van der Waals surface area contributed by atoms with Crippen molar-refractivity contribution in [2.24, 2.45) is 0 Å². The fraction of sp³-hybridized carbons (Fsp3) is 0.318. The Labute approximate surface area is 205 Å². The Bertz CT molecular complexity index is 1210. The molecule has 2 saturated heterocycles. The summed E-state index contributed by atoms with van der Waals surface area (Å²) in [6, 6.07) is 6.21. The topological polar surface area (TPSA) is 106 Å². The number of carbonyl (C=O) groups excluding carboxylic acids is 4. The summed E-state index contributed by atoms with van der Waals surface area (Å²) in [5.41, 5.74) is 2.24. The van der Waals surface area contributed by atoms with E-state index in [1.807, 2.05) is 12.1 Å². The van der Waals surface area contributed by atoms with Crippen LogP contribution in [0, 0.1) is 0 Å². The zero-order valence-corrected chi connectivity index (χ0v) is 19.5. The average Bonchev–Trinajstić information content (AvgIpc) is 3.06. The smallest absolute Gasteiger partial charge is 0.343 e. The molecule has 5 amide bonds. The molecule has 176 valence electrons. The first-order valence-electron chi connectivity index (χ1n) is 10.7. The van der Waals surface area contributed by atoms with Crippen molar-refractivity contribution in [1.82, 2.24) is 25.2 Å². The van der Waals surface area contributed by atoms with Crippen molar-refractivity contribution in [3.63, 3.8) is 0 Å². The normalized spacial score (nSPS) is 19.1. The lowest BCUT2D eigenvalue weighted by Gasteiger charge is -2.36. The van der Waals surface area contributed by atoms with E-state index in [0.29, 0.717) is 11.6 Å². The Balaban J connectivity index is 1.26. The zero-order chi connectivity index (χ0) is 24.0. The number of anilines is 1. The molecule has 0 spiro atoms. The van der Waals surface area contributed by atoms with Crippen LogP contribution in [0.2, 0.25) is 10.2 Å². The van der Waals surface area contributed by atoms with E-state index in [-0.39, 0.29) is 29.2 Å². The van der Waals surface area contributed by atoms with Gasteiger partial charge >= 0.3 is 6.03 Å². The summed E-state index contributed by atoms with van der Waals surface area (Å²) in [7, 11) is 0. The standard InChI is InChI=1S/C22H20Cl2N6O4/c23-18-16(3-5-25-19(18)24)28-9-7-27(8-10-28)12-13-1-2-14-15(11-13)21(33)30(20(14)32)29-6-4-17(31)26-22(29)34/h1-3,5,11H,4,6-10,12H2,(H,26,31,34). The van der Waals surface area contributed by atoms with E-state index in [2.05, 4.69) is 20.1 Å². The second-order valence-corrected chi connectivity index (χ2v) is 8.96. The molecule has 5 rings (SSSR count). The van der Waals surface area contributed by atoms with Gasteiger partial charge in [0.15, 0.2) is 0 Å². The van der Waals surface area contributed by atoms with Crippen LogP contribution in [0.25, 0.3) is 0 Å². The van der Waals surface area contributed by atoms with Crippen LogP contribution in [0.15, 0.2) is 30.5 Å². The maximum absolute atomic E-state index is 13.0. The molecule has 1 aromatic carbocycles. The van der Waals surface area contributed by atoms with Crippen molar-refractivity contribution in [1.29, 1.82) is 0 Å². The highest BCUT2D eigenvalue weighted by molar-refractivity contribution is 6.42. The molecule has 0 bridgehead atoms. The predicted octanol–water partition coefficient (Wildman–Crippen LogP) is 2.16. The highest BCUT2D eigenvalue weighted by atomic mass is 35.5. The SMILES string of the molecule is O=C1CCN(N2C(=O)c3ccc(CN4CCN(c5ccnc(Cl)c5Cl)CC4)cc3C2=O)C(=O)N1. The van der Waals surface area contributed by atoms with E-state index >= 15 is 0 Å². The number of hydrogen-bond donors (Lipinski definition) is 1. The Morgan fingerprint density at radius 1 is 0.912 bits per heavy atom. The summed E-state index contributed by atoms with van der Waals surface area (Å²) >= 11 is 12.3. The highest BCUT2D eigenvalue weighted by Gasteiger charge is 2.43. The third kappa shape index (κ3) is 3.97. The van der Waals surface area contributed by atoms with Crippen molar-refractivity contribution in [2.45, 2.75) is 13.0 Å². The fourth-order valence-electron chi connectivity index (χ4n) is 4.40. The van der Waals surface area contributed by atoms with E-state index in [4.69, 9.17) is 23.2 Å². The van der Waals surface area contributed by atoms with Gasteiger partial charge in [-0.2, -0.15) is 5.01 Å². The third-order valence-electron chi connectivity index (χ3n) is 6.15. The summed E-state index contributed by atoms with van der Waals surface area (Å²) in [5.74, 6) is -1.58. The van der Waals surface area contributed by atoms with Crippen LogP contribution in [0.5, 0.6) is 0 Å². The molecule has 1 aromatic heterocycles. The lowest BCUT2D eigenvalue weighted by Crippen LogP contribution is -2.58. The molecular formula is C22H20Cl2N6O4. The number of amides is 5. The first-order valence-corrected chi connectivity index (χ1v) is 11.5. The molecule has 3 aliphatic rings. The molecule has 12 heteroatoms. The number of rotatable bonds is 4. The largest absolute Gasteiger partial charge is 0.368 e. The lowest BCUT2D eigenvalue weighted by molar-refractivity contribution is -0.122. The number of imide groups is 2. The molecule has 2 aromatic rings. The number of halogens is 2. The van der Waals surface area contributed by atoms with Gasteiger partial charge in [0.25, 0.3) is 11.8 Å². The molecule has 2 fully saturated rings. The molecular weight excluding hydrogens is 483 g/mol. The number of fused-ring (bicyclic) bond motifs is 1. The van der Waals surface area contributed by atoms with Gasteiger partial charge in [-0.25, -0.2) is 14.8 Å². The van der Waals surface area contributed by atoms with Crippen LogP contribution < -0.4 is 10.2 Å². The minimum atomic E-state index is -0.778. The highest BCUT2D eigenvalue weighted by Crippen LogP contribution is 2.32. The molecule has 4 heterocycles. The maximum Gasteiger partial charge on any atom is 0.343 e. The van der Waals surface area contributed by atoms with E-state index in [0.717, 1.165) is 47.4 Å². The number of carbonyl (C=O) groups is 4. The molecule has 0 unspecified atom stereocenters. The van der Waals surface area contributed by atoms with Gasteiger partial charge in [-0.1, -0.05) is 29.3 Å². The van der Waals surface area contributed by atoms with Gasteiger partial charge in [-0.15, -0.1) is 0 Å². The predicted molar refractivity (Wildman–Crippen MR) is 124 cm³/mol. The van der Waals surface area contributed by atoms with Crippen molar-refractivity contribution in [3.05, 3.63) is 57.3 Å². The van der Waals surface area contributed by atoms with Gasteiger partial charge < -0.3 is 4.90 Å². The molecule has 0 aliphatic carbocycles. The quantitative estimate of drug-likeness (QED) is 0.504. The van der Waals surface area contributed by atoms with Crippen molar-refractivity contribution in [2.75, 3.05) is 37.6 Å². The van der Waals surface area contributed by atoms with E-state index < -0.39 is 23.8 Å². The minimum absolute atomic E-state index is 0.0211. The Kier molecular flexibility index (Phi) is 5.88. The van der Waals surface area contributed by atoms with E-state index in [9.17, 15) is 19.2 Å². The van der Waals surface area contributed by atoms with Crippen LogP contribution in [-0.4, -0.2) is 76.4 Å². The molecule has 0 saturated carbocycles. The summed E-state index contributed by atoms with van der Waals surface area (Å²) in [4.78, 5) is 57.8. The number of nitrogens with one attached hydrogen (secondary N) is 1. The van der Waals surface area contributed by atoms with Crippen molar-refractivity contribution >= 4 is 52.6 Å². The van der Waals surface area contributed by atoms with E-state index in [1.54, 1.807) is 18.3 Å². The number of nitrogens with zero attached hydrogens (tertiary/aromatic N) is 5. The van der Waals surface area contributed by atoms with Crippen molar-refractivity contribution < 1.29 is 19.2 Å². The number of piperazine rings is 1. The fourth-order valence-corrected chi connectivity index (χ4v) is 4.78. The van der Waals surface area contributed by atoms with Crippen molar-refractivity contribution in [3.8, 4) is 0 Å². The minimum Gasteiger partial charge on any atom is -0.368 e. The maximum atomic E-state index is 13.0. The van der Waals surface area contributed by atoms with Crippen LogP contribution in [-0.2, 0) is 11.3 Å². The van der Waals surface area contributed by atoms with Gasteiger partial charge in [-0.3, -0.25) is 24.6 Å². The Hall–Kier alpha value is -3.21. The van der Waals surface area contributed by atoms with Crippen LogP contribution in [0.1, 0.15) is 32.7 Å². The Morgan fingerprint density at radius 2 is 1.65 bits per heavy atom. The summed E-state index contributed by atoms with van der Waals surface area (Å²) in [6.45, 7) is 3.62.